The molecule has 2 rings (SSSR count). The molecule has 0 amide bonds. The van der Waals surface area contributed by atoms with E-state index in [0.29, 0.717) is 6.61 Å². The van der Waals surface area contributed by atoms with Crippen LogP contribution in [0.3, 0.4) is 0 Å². The molecule has 0 aliphatic rings. The van der Waals surface area contributed by atoms with Crippen LogP contribution < -0.4 is 4.74 Å². The lowest BCUT2D eigenvalue weighted by molar-refractivity contribution is 0.309. The maximum Gasteiger partial charge on any atom is 0.124 e. The van der Waals surface area contributed by atoms with Gasteiger partial charge in [-0.3, -0.25) is 0 Å². The fourth-order valence-corrected chi connectivity index (χ4v) is 3.01. The van der Waals surface area contributed by atoms with Crippen LogP contribution in [0.1, 0.15) is 31.2 Å². The van der Waals surface area contributed by atoms with E-state index in [1.807, 2.05) is 18.2 Å². The second-order valence-corrected chi connectivity index (χ2v) is 7.11. The summed E-state index contributed by atoms with van der Waals surface area (Å²) in [6.45, 7) is 7.26. The number of thiophene rings is 1. The lowest BCUT2D eigenvalue weighted by Crippen LogP contribution is -2.10. The van der Waals surface area contributed by atoms with Crippen LogP contribution in [0.15, 0.2) is 40.2 Å². The van der Waals surface area contributed by atoms with Crippen molar-refractivity contribution in [1.82, 2.24) is 0 Å². The molecule has 3 heteroatoms. The van der Waals surface area contributed by atoms with Crippen molar-refractivity contribution in [2.75, 3.05) is 0 Å². The van der Waals surface area contributed by atoms with E-state index in [1.54, 1.807) is 11.3 Å². The Morgan fingerprint density at radius 3 is 2.28 bits per heavy atom. The molecule has 0 bridgehead atoms. The van der Waals surface area contributed by atoms with Crippen LogP contribution in [0.4, 0.5) is 0 Å². The fourth-order valence-electron chi connectivity index (χ4n) is 1.63. The molecule has 0 saturated carbocycles. The predicted octanol–water partition coefficient (Wildman–Crippen LogP) is 5.39. The quantitative estimate of drug-likeness (QED) is 0.735. The summed E-state index contributed by atoms with van der Waals surface area (Å²) in [6, 6.07) is 10.4. The van der Waals surface area contributed by atoms with Gasteiger partial charge in [0.1, 0.15) is 12.4 Å². The Labute approximate surface area is 121 Å². The van der Waals surface area contributed by atoms with Gasteiger partial charge in [0.25, 0.3) is 0 Å². The van der Waals surface area contributed by atoms with Gasteiger partial charge in [0, 0.05) is 4.47 Å². The van der Waals surface area contributed by atoms with Gasteiger partial charge in [0.05, 0.1) is 4.88 Å². The first-order valence-corrected chi connectivity index (χ1v) is 7.59. The number of rotatable bonds is 3. The van der Waals surface area contributed by atoms with E-state index in [2.05, 4.69) is 54.2 Å². The van der Waals surface area contributed by atoms with Gasteiger partial charge >= 0.3 is 0 Å². The smallest absolute Gasteiger partial charge is 0.124 e. The second-order valence-electron chi connectivity index (χ2n) is 5.25. The van der Waals surface area contributed by atoms with Crippen molar-refractivity contribution in [3.63, 3.8) is 0 Å². The molecule has 1 nitrogen and oxygen atoms in total. The van der Waals surface area contributed by atoms with E-state index in [0.717, 1.165) is 10.2 Å². The van der Waals surface area contributed by atoms with Gasteiger partial charge in [-0.05, 0) is 50.5 Å². The molecular formula is C15H17BrOS. The standard InChI is InChI=1S/C15H17BrOS/c1-15(2,3)11-4-6-12(7-5-11)17-10-14-13(16)8-9-18-14/h4-9H,10H2,1-3H3. The topological polar surface area (TPSA) is 9.23 Å². The van der Waals surface area contributed by atoms with Crippen LogP contribution in [-0.2, 0) is 12.0 Å². The molecule has 1 aromatic carbocycles. The highest BCUT2D eigenvalue weighted by Crippen LogP contribution is 2.26. The summed E-state index contributed by atoms with van der Waals surface area (Å²) in [6.07, 6.45) is 0. The molecule has 0 unspecified atom stereocenters. The molecule has 0 radical (unpaired) electrons. The zero-order valence-electron chi connectivity index (χ0n) is 10.9. The van der Waals surface area contributed by atoms with E-state index in [9.17, 15) is 0 Å². The maximum absolute atomic E-state index is 5.78. The third-order valence-corrected chi connectivity index (χ3v) is 4.68. The molecule has 0 aliphatic heterocycles. The van der Waals surface area contributed by atoms with E-state index < -0.39 is 0 Å². The van der Waals surface area contributed by atoms with Gasteiger partial charge in [-0.1, -0.05) is 32.9 Å². The average molecular weight is 325 g/mol. The Kier molecular flexibility index (Phi) is 4.13. The molecule has 0 saturated heterocycles. The summed E-state index contributed by atoms with van der Waals surface area (Å²) < 4.78 is 6.90. The molecule has 0 aliphatic carbocycles. The minimum atomic E-state index is 0.190. The van der Waals surface area contributed by atoms with Crippen molar-refractivity contribution < 1.29 is 4.74 Å². The molecule has 2 aromatic rings. The van der Waals surface area contributed by atoms with Gasteiger partial charge in [0.15, 0.2) is 0 Å². The van der Waals surface area contributed by atoms with Crippen molar-refractivity contribution in [2.45, 2.75) is 32.8 Å². The summed E-state index contributed by atoms with van der Waals surface area (Å²) in [7, 11) is 0. The minimum Gasteiger partial charge on any atom is -0.488 e. The summed E-state index contributed by atoms with van der Waals surface area (Å²) in [5.74, 6) is 0.920. The first kappa shape index (κ1) is 13.6. The van der Waals surface area contributed by atoms with E-state index in [1.165, 1.54) is 10.4 Å². The van der Waals surface area contributed by atoms with Crippen LogP contribution in [0.25, 0.3) is 0 Å². The number of hydrogen-bond donors (Lipinski definition) is 0. The maximum atomic E-state index is 5.78. The molecule has 0 N–H and O–H groups in total. The number of hydrogen-bond acceptors (Lipinski definition) is 2. The highest BCUT2D eigenvalue weighted by Gasteiger charge is 2.13. The van der Waals surface area contributed by atoms with E-state index >= 15 is 0 Å². The highest BCUT2D eigenvalue weighted by atomic mass is 79.9. The molecule has 0 atom stereocenters. The Hall–Kier alpha value is -0.800. The molecule has 0 fully saturated rings. The van der Waals surface area contributed by atoms with Crippen LogP contribution in [0, 0.1) is 0 Å². The van der Waals surface area contributed by atoms with Gasteiger partial charge in [0.2, 0.25) is 0 Å². The Bertz CT molecular complexity index is 508. The predicted molar refractivity (Wildman–Crippen MR) is 81.5 cm³/mol. The SMILES string of the molecule is CC(C)(C)c1ccc(OCc2sccc2Br)cc1. The molecular weight excluding hydrogens is 308 g/mol. The Morgan fingerprint density at radius 1 is 1.11 bits per heavy atom. The van der Waals surface area contributed by atoms with E-state index in [-0.39, 0.29) is 5.41 Å². The third kappa shape index (κ3) is 3.36. The lowest BCUT2D eigenvalue weighted by atomic mass is 9.87. The summed E-state index contributed by atoms with van der Waals surface area (Å²) in [5.41, 5.74) is 1.52. The third-order valence-electron chi connectivity index (χ3n) is 2.78. The molecule has 96 valence electrons. The van der Waals surface area contributed by atoms with Crippen LogP contribution in [-0.4, -0.2) is 0 Å². The number of halogens is 1. The van der Waals surface area contributed by atoms with Crippen molar-refractivity contribution in [1.29, 1.82) is 0 Å². The van der Waals surface area contributed by atoms with Crippen molar-refractivity contribution in [3.05, 3.63) is 50.6 Å². The normalized spacial score (nSPS) is 11.6. The largest absolute Gasteiger partial charge is 0.488 e. The van der Waals surface area contributed by atoms with Crippen LogP contribution in [0.2, 0.25) is 0 Å². The highest BCUT2D eigenvalue weighted by molar-refractivity contribution is 9.10. The first-order chi connectivity index (χ1) is 8.47. The van der Waals surface area contributed by atoms with Gasteiger partial charge in [-0.15, -0.1) is 11.3 Å². The zero-order valence-corrected chi connectivity index (χ0v) is 13.3. The zero-order chi connectivity index (χ0) is 13.2. The monoisotopic (exact) mass is 324 g/mol. The van der Waals surface area contributed by atoms with Crippen LogP contribution in [0.5, 0.6) is 5.75 Å². The van der Waals surface area contributed by atoms with Crippen LogP contribution >= 0.6 is 27.3 Å². The second kappa shape index (κ2) is 5.45. The average Bonchev–Trinajstić information content (AvgIpc) is 2.72. The van der Waals surface area contributed by atoms with Crippen molar-refractivity contribution in [3.8, 4) is 5.75 Å². The van der Waals surface area contributed by atoms with Gasteiger partial charge < -0.3 is 4.74 Å². The first-order valence-electron chi connectivity index (χ1n) is 5.92. The lowest BCUT2D eigenvalue weighted by Gasteiger charge is -2.19. The summed E-state index contributed by atoms with van der Waals surface area (Å²) in [4.78, 5) is 1.22. The van der Waals surface area contributed by atoms with Gasteiger partial charge in [-0.25, -0.2) is 0 Å². The summed E-state index contributed by atoms with van der Waals surface area (Å²) in [5, 5.41) is 2.06. The number of ether oxygens (including phenoxy) is 1. The molecule has 0 spiro atoms. The number of benzene rings is 1. The Morgan fingerprint density at radius 2 is 1.78 bits per heavy atom. The Balaban J connectivity index is 2.01. The summed E-state index contributed by atoms with van der Waals surface area (Å²) >= 11 is 5.21. The molecule has 1 heterocycles. The van der Waals surface area contributed by atoms with Crippen molar-refractivity contribution in [2.24, 2.45) is 0 Å². The van der Waals surface area contributed by atoms with E-state index in [4.69, 9.17) is 4.74 Å². The molecule has 18 heavy (non-hydrogen) atoms. The minimum absolute atomic E-state index is 0.190. The van der Waals surface area contributed by atoms with Crippen molar-refractivity contribution >= 4 is 27.3 Å². The van der Waals surface area contributed by atoms with Gasteiger partial charge in [-0.2, -0.15) is 0 Å². The molecule has 1 aromatic heterocycles. The fraction of sp³-hybridized carbons (Fsp3) is 0.333.